The molecule has 2 heterocycles. The normalized spacial score (nSPS) is 11.0. The van der Waals surface area contributed by atoms with Crippen molar-refractivity contribution in [1.82, 2.24) is 14.5 Å². The van der Waals surface area contributed by atoms with Crippen LogP contribution in [0.3, 0.4) is 0 Å². The van der Waals surface area contributed by atoms with Crippen LogP contribution in [0.2, 0.25) is 0 Å². The zero-order valence-corrected chi connectivity index (χ0v) is 8.20. The van der Waals surface area contributed by atoms with E-state index >= 15 is 0 Å². The molecule has 0 spiro atoms. The van der Waals surface area contributed by atoms with Gasteiger partial charge in [0, 0.05) is 24.3 Å². The second kappa shape index (κ2) is 2.83. The van der Waals surface area contributed by atoms with Gasteiger partial charge >= 0.3 is 0 Å². The molecule has 0 amide bonds. The molecule has 0 aliphatic heterocycles. The van der Waals surface area contributed by atoms with E-state index in [0.717, 1.165) is 12.1 Å². The number of hydrogen-bond donors (Lipinski definition) is 0. The van der Waals surface area contributed by atoms with E-state index in [1.165, 1.54) is 16.6 Å². The van der Waals surface area contributed by atoms with Crippen molar-refractivity contribution in [2.45, 2.75) is 20.3 Å². The predicted molar refractivity (Wildman–Crippen MR) is 52.6 cm³/mol. The third-order valence-corrected chi connectivity index (χ3v) is 2.63. The Morgan fingerprint density at radius 3 is 2.92 bits per heavy atom. The lowest BCUT2D eigenvalue weighted by molar-refractivity contribution is 0.884. The fourth-order valence-electron chi connectivity index (χ4n) is 1.81. The molecule has 0 aliphatic carbocycles. The van der Waals surface area contributed by atoms with Gasteiger partial charge in [0.1, 0.15) is 12.0 Å². The maximum atomic E-state index is 4.26. The third-order valence-electron chi connectivity index (χ3n) is 2.63. The van der Waals surface area contributed by atoms with Crippen LogP contribution in [-0.2, 0) is 13.5 Å². The fourth-order valence-corrected chi connectivity index (χ4v) is 1.81. The highest BCUT2D eigenvalue weighted by Crippen LogP contribution is 2.22. The summed E-state index contributed by atoms with van der Waals surface area (Å²) in [5, 5.41) is 1.19. The summed E-state index contributed by atoms with van der Waals surface area (Å²) in [7, 11) is 2.05. The van der Waals surface area contributed by atoms with E-state index < -0.39 is 0 Å². The Morgan fingerprint density at radius 1 is 1.46 bits per heavy atom. The molecule has 3 heteroatoms. The van der Waals surface area contributed by atoms with Gasteiger partial charge in [-0.05, 0) is 18.9 Å². The first-order chi connectivity index (χ1) is 6.25. The largest absolute Gasteiger partial charge is 0.333 e. The van der Waals surface area contributed by atoms with Crippen LogP contribution in [0.4, 0.5) is 0 Å². The Labute approximate surface area is 77.4 Å². The van der Waals surface area contributed by atoms with Gasteiger partial charge in [-0.1, -0.05) is 6.92 Å². The molecule has 0 fully saturated rings. The van der Waals surface area contributed by atoms with E-state index in [1.54, 1.807) is 6.33 Å². The molecule has 2 aromatic rings. The average Bonchev–Trinajstić information content (AvgIpc) is 2.41. The molecule has 0 unspecified atom stereocenters. The number of fused-ring (bicyclic) bond motifs is 1. The second-order valence-corrected chi connectivity index (χ2v) is 3.24. The Morgan fingerprint density at radius 2 is 2.23 bits per heavy atom. The summed E-state index contributed by atoms with van der Waals surface area (Å²) in [6.45, 7) is 4.29. The summed E-state index contributed by atoms with van der Waals surface area (Å²) in [6.07, 6.45) is 4.53. The third kappa shape index (κ3) is 1.03. The van der Waals surface area contributed by atoms with Gasteiger partial charge in [0.05, 0.1) is 0 Å². The Kier molecular flexibility index (Phi) is 1.79. The van der Waals surface area contributed by atoms with Gasteiger partial charge in [0.25, 0.3) is 0 Å². The lowest BCUT2D eigenvalue weighted by Gasteiger charge is -1.97. The Hall–Kier alpha value is -1.38. The van der Waals surface area contributed by atoms with Gasteiger partial charge in [-0.2, -0.15) is 0 Å². The number of aromatic nitrogens is 3. The Bertz CT molecular complexity index is 443. The highest BCUT2D eigenvalue weighted by molar-refractivity contribution is 5.81. The molecule has 0 bridgehead atoms. The lowest BCUT2D eigenvalue weighted by atomic mass is 10.1. The highest BCUT2D eigenvalue weighted by Gasteiger charge is 2.10. The van der Waals surface area contributed by atoms with Gasteiger partial charge in [-0.25, -0.2) is 9.97 Å². The van der Waals surface area contributed by atoms with Crippen molar-refractivity contribution < 1.29 is 0 Å². The van der Waals surface area contributed by atoms with E-state index in [9.17, 15) is 0 Å². The first kappa shape index (κ1) is 8.23. The molecular formula is C10H13N3. The minimum Gasteiger partial charge on any atom is -0.333 e. The van der Waals surface area contributed by atoms with Crippen molar-refractivity contribution in [2.75, 3.05) is 0 Å². The van der Waals surface area contributed by atoms with E-state index in [2.05, 4.69) is 28.4 Å². The summed E-state index contributed by atoms with van der Waals surface area (Å²) in [5.41, 5.74) is 3.68. The summed E-state index contributed by atoms with van der Waals surface area (Å²) < 4.78 is 2.12. The van der Waals surface area contributed by atoms with Crippen molar-refractivity contribution in [3.05, 3.63) is 23.8 Å². The molecule has 0 saturated heterocycles. The first-order valence-corrected chi connectivity index (χ1v) is 4.49. The van der Waals surface area contributed by atoms with Crippen LogP contribution >= 0.6 is 0 Å². The van der Waals surface area contributed by atoms with Gasteiger partial charge < -0.3 is 4.57 Å². The van der Waals surface area contributed by atoms with Crippen LogP contribution in [0.15, 0.2) is 12.5 Å². The number of aryl methyl sites for hydroxylation is 2. The summed E-state index contributed by atoms with van der Waals surface area (Å²) >= 11 is 0. The monoisotopic (exact) mass is 175 g/mol. The molecule has 3 nitrogen and oxygen atoms in total. The van der Waals surface area contributed by atoms with Crippen LogP contribution in [0.1, 0.15) is 18.2 Å². The summed E-state index contributed by atoms with van der Waals surface area (Å²) in [5.74, 6) is 0. The minimum atomic E-state index is 1.03. The SMILES string of the molecule is CCc1c(C)n(C)c2ncncc12. The predicted octanol–water partition coefficient (Wildman–Crippen LogP) is 1.84. The second-order valence-electron chi connectivity index (χ2n) is 3.24. The van der Waals surface area contributed by atoms with Crippen molar-refractivity contribution in [2.24, 2.45) is 7.05 Å². The number of nitrogens with zero attached hydrogens (tertiary/aromatic N) is 3. The lowest BCUT2D eigenvalue weighted by Crippen LogP contribution is -1.92. The maximum absolute atomic E-state index is 4.26. The van der Waals surface area contributed by atoms with Crippen LogP contribution in [0, 0.1) is 6.92 Å². The van der Waals surface area contributed by atoms with E-state index in [-0.39, 0.29) is 0 Å². The molecule has 0 saturated carbocycles. The molecule has 0 radical (unpaired) electrons. The maximum Gasteiger partial charge on any atom is 0.143 e. The van der Waals surface area contributed by atoms with Crippen molar-refractivity contribution in [1.29, 1.82) is 0 Å². The van der Waals surface area contributed by atoms with Crippen LogP contribution in [0.5, 0.6) is 0 Å². The van der Waals surface area contributed by atoms with Gasteiger partial charge in [-0.15, -0.1) is 0 Å². The van der Waals surface area contributed by atoms with Crippen LogP contribution in [-0.4, -0.2) is 14.5 Å². The zero-order valence-electron chi connectivity index (χ0n) is 8.20. The van der Waals surface area contributed by atoms with Gasteiger partial charge in [-0.3, -0.25) is 0 Å². The van der Waals surface area contributed by atoms with Gasteiger partial charge in [0.2, 0.25) is 0 Å². The van der Waals surface area contributed by atoms with Crippen LogP contribution in [0.25, 0.3) is 11.0 Å². The molecule has 0 aliphatic rings. The number of hydrogen-bond acceptors (Lipinski definition) is 2. The molecule has 2 rings (SSSR count). The minimum absolute atomic E-state index is 1.03. The smallest absolute Gasteiger partial charge is 0.143 e. The molecular weight excluding hydrogens is 162 g/mol. The Balaban J connectivity index is 2.90. The molecule has 13 heavy (non-hydrogen) atoms. The average molecular weight is 175 g/mol. The van der Waals surface area contributed by atoms with Gasteiger partial charge in [0.15, 0.2) is 0 Å². The molecule has 68 valence electrons. The van der Waals surface area contributed by atoms with Crippen LogP contribution < -0.4 is 0 Å². The van der Waals surface area contributed by atoms with Crippen molar-refractivity contribution in [3.8, 4) is 0 Å². The van der Waals surface area contributed by atoms with E-state index in [0.29, 0.717) is 0 Å². The summed E-state index contributed by atoms with van der Waals surface area (Å²) in [4.78, 5) is 8.31. The highest BCUT2D eigenvalue weighted by atomic mass is 15.0. The first-order valence-electron chi connectivity index (χ1n) is 4.49. The molecule has 0 aromatic carbocycles. The summed E-state index contributed by atoms with van der Waals surface area (Å²) in [6, 6.07) is 0. The molecule has 0 atom stereocenters. The van der Waals surface area contributed by atoms with E-state index in [4.69, 9.17) is 0 Å². The topological polar surface area (TPSA) is 30.7 Å². The zero-order chi connectivity index (χ0) is 9.42. The molecule has 2 aromatic heterocycles. The quantitative estimate of drug-likeness (QED) is 0.662. The fraction of sp³-hybridized carbons (Fsp3) is 0.400. The van der Waals surface area contributed by atoms with E-state index in [1.807, 2.05) is 13.2 Å². The van der Waals surface area contributed by atoms with Crippen molar-refractivity contribution in [3.63, 3.8) is 0 Å². The van der Waals surface area contributed by atoms with Crippen molar-refractivity contribution >= 4 is 11.0 Å². The molecule has 0 N–H and O–H groups in total. The number of rotatable bonds is 1. The standard InChI is InChI=1S/C10H13N3/c1-4-8-7(2)13(3)10-9(8)5-11-6-12-10/h5-6H,4H2,1-3H3.